The maximum Gasteiger partial charge on any atom is 0.256 e. The van der Waals surface area contributed by atoms with Crippen molar-refractivity contribution in [2.24, 2.45) is 0 Å². The zero-order valence-electron chi connectivity index (χ0n) is 12.0. The van der Waals surface area contributed by atoms with Crippen LogP contribution in [-0.2, 0) is 4.79 Å². The molecule has 0 heterocycles. The lowest BCUT2D eigenvalue weighted by Crippen LogP contribution is -2.52. The summed E-state index contributed by atoms with van der Waals surface area (Å²) in [6, 6.07) is 6.64. The molecule has 1 amide bonds. The van der Waals surface area contributed by atoms with Crippen molar-refractivity contribution >= 4 is 11.6 Å². The van der Waals surface area contributed by atoms with Crippen molar-refractivity contribution in [3.8, 4) is 0 Å². The Kier molecular flexibility index (Phi) is 6.88. The Labute approximate surface area is 127 Å². The second-order valence-electron chi connectivity index (χ2n) is 5.02. The average Bonchev–Trinajstić information content (AvgIpc) is 2.53. The first kappa shape index (κ1) is 18.5. The molecule has 8 heteroatoms. The molecule has 0 bridgehead atoms. The molecule has 124 valence electrons. The van der Waals surface area contributed by atoms with E-state index in [0.29, 0.717) is 5.69 Å². The number of carbonyl (C=O) groups is 1. The van der Waals surface area contributed by atoms with E-state index in [1.807, 2.05) is 6.92 Å². The first-order chi connectivity index (χ1) is 10.3. The summed E-state index contributed by atoms with van der Waals surface area (Å²) in [5, 5.41) is 58.6. The van der Waals surface area contributed by atoms with E-state index < -0.39 is 43.0 Å². The minimum atomic E-state index is -2.04. The Balaban J connectivity index is 2.66. The van der Waals surface area contributed by atoms with Gasteiger partial charge in [-0.1, -0.05) is 17.7 Å². The number of hydrogen-bond donors (Lipinski definition) is 7. The summed E-state index contributed by atoms with van der Waals surface area (Å²) in [6.45, 7) is 1.00. The van der Waals surface area contributed by atoms with E-state index in [9.17, 15) is 30.3 Å². The number of nitrogens with one attached hydrogen (secondary N) is 1. The number of carbonyl (C=O) groups excluding carboxylic acids is 1. The van der Waals surface area contributed by atoms with E-state index in [4.69, 9.17) is 5.11 Å². The molecular formula is C14H21NO7. The summed E-state index contributed by atoms with van der Waals surface area (Å²) < 4.78 is 0. The van der Waals surface area contributed by atoms with Crippen LogP contribution in [0.25, 0.3) is 0 Å². The third-order valence-electron chi connectivity index (χ3n) is 3.19. The maximum absolute atomic E-state index is 11.8. The van der Waals surface area contributed by atoms with Crippen molar-refractivity contribution in [2.45, 2.75) is 37.4 Å². The van der Waals surface area contributed by atoms with Gasteiger partial charge in [0, 0.05) is 5.69 Å². The molecule has 5 atom stereocenters. The number of rotatable bonds is 7. The normalized spacial score (nSPS) is 18.1. The van der Waals surface area contributed by atoms with Gasteiger partial charge in [0.2, 0.25) is 0 Å². The van der Waals surface area contributed by atoms with Gasteiger partial charge in [-0.15, -0.1) is 0 Å². The Morgan fingerprint density at radius 3 is 2.05 bits per heavy atom. The molecule has 0 saturated heterocycles. The molecule has 0 unspecified atom stereocenters. The van der Waals surface area contributed by atoms with Crippen molar-refractivity contribution in [2.75, 3.05) is 11.9 Å². The molecule has 1 rings (SSSR count). The topological polar surface area (TPSA) is 150 Å². The van der Waals surface area contributed by atoms with Crippen molar-refractivity contribution in [3.05, 3.63) is 29.8 Å². The molecule has 22 heavy (non-hydrogen) atoms. The lowest BCUT2D eigenvalue weighted by Gasteiger charge is -2.27. The SMILES string of the molecule is Cc1ccc(NC(=O)[C@H](O)[C@H](O)[C@H](O)[C@H](O)[C@@H](O)CO)cc1. The van der Waals surface area contributed by atoms with Crippen molar-refractivity contribution in [1.82, 2.24) is 0 Å². The van der Waals surface area contributed by atoms with Gasteiger partial charge in [0.1, 0.15) is 24.4 Å². The first-order valence-corrected chi connectivity index (χ1v) is 6.66. The predicted octanol–water partition coefficient (Wildman–Crippen LogP) is -2.27. The lowest BCUT2D eigenvalue weighted by atomic mass is 9.99. The van der Waals surface area contributed by atoms with Gasteiger partial charge in [-0.2, -0.15) is 0 Å². The lowest BCUT2D eigenvalue weighted by molar-refractivity contribution is -0.153. The molecule has 1 aromatic carbocycles. The van der Waals surface area contributed by atoms with Gasteiger partial charge in [-0.05, 0) is 19.1 Å². The Hall–Kier alpha value is -1.55. The van der Waals surface area contributed by atoms with Gasteiger partial charge >= 0.3 is 0 Å². The van der Waals surface area contributed by atoms with Gasteiger partial charge in [0.25, 0.3) is 5.91 Å². The van der Waals surface area contributed by atoms with E-state index in [1.165, 1.54) is 0 Å². The highest BCUT2D eigenvalue weighted by Crippen LogP contribution is 2.12. The highest BCUT2D eigenvalue weighted by molar-refractivity contribution is 5.94. The first-order valence-electron chi connectivity index (χ1n) is 6.66. The van der Waals surface area contributed by atoms with Crippen LogP contribution in [0, 0.1) is 6.92 Å². The van der Waals surface area contributed by atoms with Crippen LogP contribution in [0.1, 0.15) is 5.56 Å². The standard InChI is InChI=1S/C14H21NO7/c1-7-2-4-8(5-3-7)15-14(22)13(21)12(20)11(19)10(18)9(17)6-16/h2-5,9-13,16-21H,6H2,1H3,(H,15,22)/t9-,10+,11+,12+,13+/m0/s1. The molecule has 0 fully saturated rings. The quantitative estimate of drug-likeness (QED) is 0.300. The Bertz CT molecular complexity index is 479. The van der Waals surface area contributed by atoms with E-state index in [2.05, 4.69) is 5.32 Å². The van der Waals surface area contributed by atoms with Crippen LogP contribution in [0.5, 0.6) is 0 Å². The van der Waals surface area contributed by atoms with Crippen molar-refractivity contribution in [1.29, 1.82) is 0 Å². The summed E-state index contributed by atoms with van der Waals surface area (Å²) in [7, 11) is 0. The number of aliphatic hydroxyl groups is 6. The van der Waals surface area contributed by atoms with Gasteiger partial charge in [-0.25, -0.2) is 0 Å². The van der Waals surface area contributed by atoms with E-state index >= 15 is 0 Å². The second-order valence-corrected chi connectivity index (χ2v) is 5.02. The van der Waals surface area contributed by atoms with Crippen LogP contribution in [0.2, 0.25) is 0 Å². The number of amides is 1. The summed E-state index contributed by atoms with van der Waals surface area (Å²) in [4.78, 5) is 11.8. The molecule has 7 N–H and O–H groups in total. The molecule has 1 aromatic rings. The zero-order valence-corrected chi connectivity index (χ0v) is 12.0. The summed E-state index contributed by atoms with van der Waals surface area (Å²) in [6.07, 6.45) is -9.71. The fraction of sp³-hybridized carbons (Fsp3) is 0.500. The van der Waals surface area contributed by atoms with Crippen molar-refractivity contribution in [3.63, 3.8) is 0 Å². The molecule has 0 radical (unpaired) electrons. The highest BCUT2D eigenvalue weighted by atomic mass is 16.4. The minimum absolute atomic E-state index is 0.382. The Morgan fingerprint density at radius 2 is 1.55 bits per heavy atom. The summed E-state index contributed by atoms with van der Waals surface area (Å²) in [5.74, 6) is -0.985. The third kappa shape index (κ3) is 4.73. The van der Waals surface area contributed by atoms with Crippen LogP contribution in [-0.4, -0.2) is 73.7 Å². The van der Waals surface area contributed by atoms with Gasteiger partial charge in [-0.3, -0.25) is 4.79 Å². The fourth-order valence-electron chi connectivity index (χ4n) is 1.73. The maximum atomic E-state index is 11.8. The summed E-state index contributed by atoms with van der Waals surface area (Å²) >= 11 is 0. The predicted molar refractivity (Wildman–Crippen MR) is 76.9 cm³/mol. The number of aryl methyl sites for hydroxylation is 1. The van der Waals surface area contributed by atoms with Gasteiger partial charge in [0.05, 0.1) is 6.61 Å². The number of hydrogen-bond acceptors (Lipinski definition) is 7. The molecule has 0 saturated carbocycles. The van der Waals surface area contributed by atoms with E-state index in [-0.39, 0.29) is 0 Å². The van der Waals surface area contributed by atoms with Crippen LogP contribution in [0.3, 0.4) is 0 Å². The van der Waals surface area contributed by atoms with Crippen LogP contribution < -0.4 is 5.32 Å². The molecule has 0 spiro atoms. The molecular weight excluding hydrogens is 294 g/mol. The van der Waals surface area contributed by atoms with E-state index in [1.54, 1.807) is 24.3 Å². The molecule has 0 aliphatic rings. The second kappa shape index (κ2) is 8.18. The molecule has 0 aromatic heterocycles. The largest absolute Gasteiger partial charge is 0.394 e. The van der Waals surface area contributed by atoms with Gasteiger partial charge < -0.3 is 36.0 Å². The van der Waals surface area contributed by atoms with Crippen LogP contribution in [0.4, 0.5) is 5.69 Å². The average molecular weight is 315 g/mol. The van der Waals surface area contributed by atoms with Crippen LogP contribution in [0.15, 0.2) is 24.3 Å². The number of anilines is 1. The van der Waals surface area contributed by atoms with Crippen LogP contribution >= 0.6 is 0 Å². The number of benzene rings is 1. The molecule has 0 aliphatic carbocycles. The van der Waals surface area contributed by atoms with Gasteiger partial charge in [0.15, 0.2) is 6.10 Å². The molecule has 8 nitrogen and oxygen atoms in total. The monoisotopic (exact) mass is 315 g/mol. The molecule has 0 aliphatic heterocycles. The highest BCUT2D eigenvalue weighted by Gasteiger charge is 2.37. The minimum Gasteiger partial charge on any atom is -0.394 e. The summed E-state index contributed by atoms with van der Waals surface area (Å²) in [5.41, 5.74) is 1.35. The zero-order chi connectivity index (χ0) is 16.9. The number of aliphatic hydroxyl groups excluding tert-OH is 6. The van der Waals surface area contributed by atoms with Crippen molar-refractivity contribution < 1.29 is 35.4 Å². The van der Waals surface area contributed by atoms with E-state index in [0.717, 1.165) is 5.56 Å². The smallest absolute Gasteiger partial charge is 0.256 e. The third-order valence-corrected chi connectivity index (χ3v) is 3.19. The Morgan fingerprint density at radius 1 is 1.00 bits per heavy atom. The fourth-order valence-corrected chi connectivity index (χ4v) is 1.73.